The third-order valence-corrected chi connectivity index (χ3v) is 5.68. The van der Waals surface area contributed by atoms with Crippen LogP contribution >= 0.6 is 0 Å². The van der Waals surface area contributed by atoms with Gasteiger partial charge in [-0.15, -0.1) is 0 Å². The molecule has 0 spiro atoms. The molecule has 166 valence electrons. The Hall–Kier alpha value is -3.49. The molecule has 0 saturated carbocycles. The number of rotatable bonds is 4. The molecule has 2 N–H and O–H groups in total. The fourth-order valence-corrected chi connectivity index (χ4v) is 3.98. The van der Waals surface area contributed by atoms with E-state index in [2.05, 4.69) is 15.3 Å². The molecule has 0 aliphatic carbocycles. The minimum Gasteiger partial charge on any atom is -0.364 e. The van der Waals surface area contributed by atoms with Crippen molar-refractivity contribution in [3.63, 3.8) is 0 Å². The van der Waals surface area contributed by atoms with E-state index in [1.807, 2.05) is 13.8 Å². The highest BCUT2D eigenvalue weighted by Gasteiger charge is 2.46. The van der Waals surface area contributed by atoms with E-state index in [1.165, 1.54) is 24.4 Å². The summed E-state index contributed by atoms with van der Waals surface area (Å²) in [6.45, 7) is 3.70. The number of aryl methyl sites for hydroxylation is 1. The van der Waals surface area contributed by atoms with Gasteiger partial charge in [0.2, 0.25) is 0 Å². The van der Waals surface area contributed by atoms with E-state index in [0.717, 1.165) is 12.3 Å². The van der Waals surface area contributed by atoms with E-state index in [0.29, 0.717) is 34.5 Å². The van der Waals surface area contributed by atoms with Crippen LogP contribution in [0.15, 0.2) is 64.6 Å². The van der Waals surface area contributed by atoms with Gasteiger partial charge < -0.3 is 10.3 Å². The van der Waals surface area contributed by atoms with E-state index in [4.69, 9.17) is 4.99 Å². The van der Waals surface area contributed by atoms with Gasteiger partial charge in [0.1, 0.15) is 22.9 Å². The third kappa shape index (κ3) is 3.68. The van der Waals surface area contributed by atoms with Crippen LogP contribution in [0.1, 0.15) is 41.8 Å². The van der Waals surface area contributed by atoms with Crippen molar-refractivity contribution in [1.29, 1.82) is 0 Å². The Morgan fingerprint density at radius 2 is 1.78 bits per heavy atom. The highest BCUT2D eigenvalue weighted by atomic mass is 19.4. The van der Waals surface area contributed by atoms with Crippen LogP contribution < -0.4 is 10.9 Å². The number of hydrogen-bond acceptors (Lipinski definition) is 4. The van der Waals surface area contributed by atoms with E-state index >= 15 is 0 Å². The van der Waals surface area contributed by atoms with Crippen molar-refractivity contribution in [2.45, 2.75) is 38.0 Å². The largest absolute Gasteiger partial charge is 0.433 e. The summed E-state index contributed by atoms with van der Waals surface area (Å²) >= 11 is 0. The Kier molecular flexibility index (Phi) is 5.36. The number of alkyl halides is 3. The predicted octanol–water partition coefficient (Wildman–Crippen LogP) is 4.17. The highest BCUT2D eigenvalue weighted by molar-refractivity contribution is 6.01. The monoisotopic (exact) mass is 444 g/mol. The highest BCUT2D eigenvalue weighted by Crippen LogP contribution is 2.41. The van der Waals surface area contributed by atoms with E-state index in [-0.39, 0.29) is 5.56 Å². The lowest BCUT2D eigenvalue weighted by molar-refractivity contribution is -0.141. The summed E-state index contributed by atoms with van der Waals surface area (Å²) < 4.78 is 52.8. The number of H-pyrrole nitrogens is 1. The predicted molar refractivity (Wildman–Crippen MR) is 112 cm³/mol. The molecule has 0 unspecified atom stereocenters. The summed E-state index contributed by atoms with van der Waals surface area (Å²) in [6.07, 6.45) is -1.35. The molecule has 4 rings (SSSR count). The van der Waals surface area contributed by atoms with Gasteiger partial charge in [-0.25, -0.2) is 9.38 Å². The van der Waals surface area contributed by atoms with Gasteiger partial charge in [0.15, 0.2) is 0 Å². The number of aromatic nitrogens is 2. The standard InChI is InChI=1S/C23H20F4N4O/c1-3-14-10-15(11-29-21(14)32)20-30-13(2)22(31-20,16-4-7-18(24)8-5-16)17-6-9-19(28-12-17)23(25,26)27/h4-13H,3H2,1-2H3,(H,29,32)(H,30,31)/t13-,22+/m0/s1. The second kappa shape index (κ2) is 7.89. The van der Waals surface area contributed by atoms with Crippen LogP contribution in [0.4, 0.5) is 17.6 Å². The number of pyridine rings is 2. The number of amidine groups is 1. The third-order valence-electron chi connectivity index (χ3n) is 5.68. The smallest absolute Gasteiger partial charge is 0.364 e. The molecule has 1 aliphatic heterocycles. The van der Waals surface area contributed by atoms with Crippen LogP contribution in [0.2, 0.25) is 0 Å². The lowest BCUT2D eigenvalue weighted by Crippen LogP contribution is -2.41. The van der Waals surface area contributed by atoms with Gasteiger partial charge in [-0.1, -0.05) is 25.1 Å². The van der Waals surface area contributed by atoms with Crippen molar-refractivity contribution in [3.05, 3.63) is 99.0 Å². The van der Waals surface area contributed by atoms with Gasteiger partial charge in [-0.2, -0.15) is 13.2 Å². The first-order valence-corrected chi connectivity index (χ1v) is 10.0. The normalized spacial score (nSPS) is 20.7. The Labute approximate surface area is 181 Å². The Balaban J connectivity index is 1.90. The number of nitrogens with zero attached hydrogens (tertiary/aromatic N) is 2. The zero-order chi connectivity index (χ0) is 23.1. The van der Waals surface area contributed by atoms with Gasteiger partial charge in [0.25, 0.3) is 5.56 Å². The molecule has 2 aromatic heterocycles. The fourth-order valence-electron chi connectivity index (χ4n) is 3.98. The van der Waals surface area contributed by atoms with Crippen molar-refractivity contribution < 1.29 is 17.6 Å². The second-order valence-electron chi connectivity index (χ2n) is 7.63. The summed E-state index contributed by atoms with van der Waals surface area (Å²) in [5.41, 5.74) is -0.121. The average molecular weight is 444 g/mol. The maximum atomic E-state index is 13.6. The quantitative estimate of drug-likeness (QED) is 0.594. The first kappa shape index (κ1) is 21.7. The molecule has 0 radical (unpaired) electrons. The van der Waals surface area contributed by atoms with Crippen LogP contribution in [0.3, 0.4) is 0 Å². The van der Waals surface area contributed by atoms with Gasteiger partial charge in [0, 0.05) is 29.1 Å². The van der Waals surface area contributed by atoms with Crippen molar-refractivity contribution >= 4 is 5.84 Å². The van der Waals surface area contributed by atoms with Crippen LogP contribution in [0, 0.1) is 5.82 Å². The molecule has 0 amide bonds. The zero-order valence-corrected chi connectivity index (χ0v) is 17.3. The SMILES string of the molecule is CCc1cc(C2=N[C@](c3ccc(F)cc3)(c3ccc(C(F)(F)F)nc3)[C@H](C)N2)c[nH]c1=O. The van der Waals surface area contributed by atoms with Crippen LogP contribution in [0.5, 0.6) is 0 Å². The Morgan fingerprint density at radius 1 is 1.09 bits per heavy atom. The van der Waals surface area contributed by atoms with Gasteiger partial charge in [-0.05, 0) is 43.2 Å². The molecule has 3 aromatic rings. The summed E-state index contributed by atoms with van der Waals surface area (Å²) in [4.78, 5) is 23.1. The molecular formula is C23H20F4N4O. The molecule has 2 atom stereocenters. The summed E-state index contributed by atoms with van der Waals surface area (Å²) in [6, 6.07) is 9.25. The minimum absolute atomic E-state index is 0.195. The number of halogens is 4. The van der Waals surface area contributed by atoms with Crippen molar-refractivity contribution in [2.24, 2.45) is 4.99 Å². The molecule has 5 nitrogen and oxygen atoms in total. The maximum absolute atomic E-state index is 13.6. The van der Waals surface area contributed by atoms with Crippen molar-refractivity contribution in [1.82, 2.24) is 15.3 Å². The molecule has 0 bridgehead atoms. The van der Waals surface area contributed by atoms with Crippen LogP contribution in [-0.4, -0.2) is 21.8 Å². The Bertz CT molecular complexity index is 1220. The molecular weight excluding hydrogens is 424 g/mol. The van der Waals surface area contributed by atoms with Crippen LogP contribution in [-0.2, 0) is 18.1 Å². The van der Waals surface area contributed by atoms with Gasteiger partial charge >= 0.3 is 6.18 Å². The Morgan fingerprint density at radius 3 is 2.38 bits per heavy atom. The number of aliphatic imine (C=N–C) groups is 1. The second-order valence-corrected chi connectivity index (χ2v) is 7.63. The molecule has 1 aromatic carbocycles. The lowest BCUT2D eigenvalue weighted by Gasteiger charge is -2.31. The number of hydrogen-bond donors (Lipinski definition) is 2. The van der Waals surface area contributed by atoms with E-state index in [1.54, 1.807) is 18.2 Å². The zero-order valence-electron chi connectivity index (χ0n) is 17.3. The summed E-state index contributed by atoms with van der Waals surface area (Å²) in [7, 11) is 0. The summed E-state index contributed by atoms with van der Waals surface area (Å²) in [5.74, 6) is 0.0261. The first-order valence-electron chi connectivity index (χ1n) is 10.0. The molecule has 3 heterocycles. The van der Waals surface area contributed by atoms with E-state index in [9.17, 15) is 22.4 Å². The number of aromatic amines is 1. The molecule has 0 fully saturated rings. The van der Waals surface area contributed by atoms with Crippen molar-refractivity contribution in [3.8, 4) is 0 Å². The fraction of sp³-hybridized carbons (Fsp3) is 0.261. The topological polar surface area (TPSA) is 70.1 Å². The van der Waals surface area contributed by atoms with E-state index < -0.39 is 29.3 Å². The van der Waals surface area contributed by atoms with Gasteiger partial charge in [0.05, 0.1) is 6.04 Å². The van der Waals surface area contributed by atoms with Crippen molar-refractivity contribution in [2.75, 3.05) is 0 Å². The number of benzene rings is 1. The van der Waals surface area contributed by atoms with Gasteiger partial charge in [-0.3, -0.25) is 9.78 Å². The molecule has 32 heavy (non-hydrogen) atoms. The molecule has 1 aliphatic rings. The molecule has 9 heteroatoms. The van der Waals surface area contributed by atoms with Crippen LogP contribution in [0.25, 0.3) is 0 Å². The number of nitrogens with one attached hydrogen (secondary N) is 2. The summed E-state index contributed by atoms with van der Waals surface area (Å²) in [5, 5.41) is 3.27. The maximum Gasteiger partial charge on any atom is 0.433 e. The molecule has 0 saturated heterocycles. The average Bonchev–Trinajstić information content (AvgIpc) is 3.12. The minimum atomic E-state index is -4.57. The first-order chi connectivity index (χ1) is 15.1. The lowest BCUT2D eigenvalue weighted by atomic mass is 9.79.